The van der Waals surface area contributed by atoms with Crippen molar-refractivity contribution in [2.24, 2.45) is 11.8 Å². The maximum atomic E-state index is 11.6. The normalized spacial score (nSPS) is 13.7. The van der Waals surface area contributed by atoms with Gasteiger partial charge in [-0.3, -0.25) is 0 Å². The Kier molecular flexibility index (Phi) is 4.57. The Morgan fingerprint density at radius 3 is 2.29 bits per heavy atom. The minimum absolute atomic E-state index is 0.371. The van der Waals surface area contributed by atoms with Crippen LogP contribution < -0.4 is 5.32 Å². The van der Waals surface area contributed by atoms with Crippen LogP contribution in [0.5, 0.6) is 0 Å². The van der Waals surface area contributed by atoms with E-state index >= 15 is 0 Å². The van der Waals surface area contributed by atoms with E-state index in [1.54, 1.807) is 12.1 Å². The summed E-state index contributed by atoms with van der Waals surface area (Å²) >= 11 is 0. The van der Waals surface area contributed by atoms with E-state index in [1.807, 2.05) is 12.1 Å². The molecule has 0 aliphatic carbocycles. The minimum Gasteiger partial charge on any atom is -0.384 e. The molecule has 1 aromatic carbocycles. The smallest absolute Gasteiger partial charge is 0.177 e. The number of benzene rings is 1. The number of nitrogens with one attached hydrogen (secondary N) is 1. The van der Waals surface area contributed by atoms with Gasteiger partial charge in [-0.15, -0.1) is 0 Å². The highest BCUT2D eigenvalue weighted by Gasteiger charge is 2.13. The van der Waals surface area contributed by atoms with Gasteiger partial charge >= 0.3 is 0 Å². The number of hydrogen-bond acceptors (Lipinski definition) is 3. The van der Waals surface area contributed by atoms with Gasteiger partial charge in [0, 0.05) is 12.8 Å². The highest BCUT2D eigenvalue weighted by atomic mass is 32.2. The van der Waals surface area contributed by atoms with Crippen LogP contribution in [0.25, 0.3) is 0 Å². The Morgan fingerprint density at radius 1 is 1.18 bits per heavy atom. The topological polar surface area (TPSA) is 46.2 Å². The molecule has 1 unspecified atom stereocenters. The third-order valence-corrected chi connectivity index (χ3v) is 4.19. The van der Waals surface area contributed by atoms with Crippen LogP contribution in [0.4, 0.5) is 5.69 Å². The summed E-state index contributed by atoms with van der Waals surface area (Å²) in [5.41, 5.74) is 0.697. The molecule has 4 heteroatoms. The van der Waals surface area contributed by atoms with Crippen LogP contribution in [0.2, 0.25) is 0 Å². The summed E-state index contributed by atoms with van der Waals surface area (Å²) < 4.78 is 23.2. The molecule has 3 nitrogen and oxygen atoms in total. The van der Waals surface area contributed by atoms with Crippen LogP contribution in [0.15, 0.2) is 29.2 Å². The van der Waals surface area contributed by atoms with Crippen molar-refractivity contribution < 1.29 is 8.42 Å². The molecule has 0 saturated heterocycles. The lowest BCUT2D eigenvalue weighted by Gasteiger charge is -2.18. The van der Waals surface area contributed by atoms with Gasteiger partial charge in [0.1, 0.15) is 0 Å². The van der Waals surface area contributed by atoms with E-state index in [-0.39, 0.29) is 0 Å². The second-order valence-electron chi connectivity index (χ2n) is 4.87. The summed E-state index contributed by atoms with van der Waals surface area (Å²) in [4.78, 5) is 0.371. The highest BCUT2D eigenvalue weighted by molar-refractivity contribution is 7.90. The SMILES string of the molecule is CC(C)C(C)CNc1ccccc1S(C)(=O)=O. The molecule has 0 aromatic heterocycles. The molecule has 0 spiro atoms. The van der Waals surface area contributed by atoms with Crippen molar-refractivity contribution >= 4 is 15.5 Å². The number of sulfone groups is 1. The average Bonchev–Trinajstić information content (AvgIpc) is 2.24. The molecule has 0 amide bonds. The molecular formula is C13H21NO2S. The van der Waals surface area contributed by atoms with E-state index in [4.69, 9.17) is 0 Å². The minimum atomic E-state index is -3.16. The molecule has 96 valence electrons. The lowest BCUT2D eigenvalue weighted by atomic mass is 9.98. The van der Waals surface area contributed by atoms with Gasteiger partial charge < -0.3 is 5.32 Å². The maximum absolute atomic E-state index is 11.6. The first-order valence-corrected chi connectivity index (χ1v) is 7.74. The molecule has 0 radical (unpaired) electrons. The van der Waals surface area contributed by atoms with Gasteiger partial charge in [-0.1, -0.05) is 32.9 Å². The Balaban J connectivity index is 2.85. The average molecular weight is 255 g/mol. The van der Waals surface area contributed by atoms with Crippen LogP contribution in [0.3, 0.4) is 0 Å². The predicted molar refractivity (Wildman–Crippen MR) is 72.0 cm³/mol. The second kappa shape index (κ2) is 5.54. The summed E-state index contributed by atoms with van der Waals surface area (Å²) in [5.74, 6) is 1.08. The van der Waals surface area contributed by atoms with Gasteiger partial charge in [0.2, 0.25) is 0 Å². The van der Waals surface area contributed by atoms with Crippen LogP contribution in [0, 0.1) is 11.8 Å². The van der Waals surface area contributed by atoms with Crippen molar-refractivity contribution in [2.45, 2.75) is 25.7 Å². The highest BCUT2D eigenvalue weighted by Crippen LogP contribution is 2.21. The van der Waals surface area contributed by atoms with Crippen molar-refractivity contribution in [3.63, 3.8) is 0 Å². The molecule has 17 heavy (non-hydrogen) atoms. The van der Waals surface area contributed by atoms with Gasteiger partial charge in [-0.05, 0) is 24.0 Å². The molecule has 1 rings (SSSR count). The van der Waals surface area contributed by atoms with E-state index in [2.05, 4.69) is 26.1 Å². The first kappa shape index (κ1) is 14.0. The fraction of sp³-hybridized carbons (Fsp3) is 0.538. The number of rotatable bonds is 5. The van der Waals surface area contributed by atoms with E-state index in [9.17, 15) is 8.42 Å². The van der Waals surface area contributed by atoms with Crippen LogP contribution in [-0.2, 0) is 9.84 Å². The largest absolute Gasteiger partial charge is 0.384 e. The molecule has 0 heterocycles. The van der Waals surface area contributed by atoms with Gasteiger partial charge in [0.05, 0.1) is 10.6 Å². The van der Waals surface area contributed by atoms with Crippen molar-refractivity contribution in [2.75, 3.05) is 18.1 Å². The quantitative estimate of drug-likeness (QED) is 0.880. The van der Waals surface area contributed by atoms with Gasteiger partial charge in [0.15, 0.2) is 9.84 Å². The molecule has 0 saturated carbocycles. The number of hydrogen-bond donors (Lipinski definition) is 1. The van der Waals surface area contributed by atoms with Gasteiger partial charge in [0.25, 0.3) is 0 Å². The van der Waals surface area contributed by atoms with Crippen molar-refractivity contribution in [1.29, 1.82) is 0 Å². The summed E-state index contributed by atoms with van der Waals surface area (Å²) in [6.45, 7) is 7.26. The van der Waals surface area contributed by atoms with Gasteiger partial charge in [-0.2, -0.15) is 0 Å². The zero-order valence-electron chi connectivity index (χ0n) is 10.9. The van der Waals surface area contributed by atoms with Crippen LogP contribution >= 0.6 is 0 Å². The summed E-state index contributed by atoms with van der Waals surface area (Å²) in [5, 5.41) is 3.22. The van der Waals surface area contributed by atoms with E-state index in [0.717, 1.165) is 6.54 Å². The third-order valence-electron chi connectivity index (χ3n) is 3.04. The lowest BCUT2D eigenvalue weighted by molar-refractivity contribution is 0.439. The first-order chi connectivity index (χ1) is 7.82. The summed E-state index contributed by atoms with van der Waals surface area (Å²) in [7, 11) is -3.16. The Labute approximate surface area is 104 Å². The zero-order valence-corrected chi connectivity index (χ0v) is 11.7. The fourth-order valence-electron chi connectivity index (χ4n) is 1.44. The van der Waals surface area contributed by atoms with Crippen LogP contribution in [-0.4, -0.2) is 21.2 Å². The molecule has 0 aliphatic rings. The predicted octanol–water partition coefficient (Wildman–Crippen LogP) is 2.79. The van der Waals surface area contributed by atoms with E-state index < -0.39 is 9.84 Å². The maximum Gasteiger partial charge on any atom is 0.177 e. The van der Waals surface area contributed by atoms with Crippen LogP contribution in [0.1, 0.15) is 20.8 Å². The van der Waals surface area contributed by atoms with Gasteiger partial charge in [-0.25, -0.2) is 8.42 Å². The van der Waals surface area contributed by atoms with Crippen molar-refractivity contribution in [1.82, 2.24) is 0 Å². The Morgan fingerprint density at radius 2 is 1.76 bits per heavy atom. The Bertz CT molecular complexity index is 466. The Hall–Kier alpha value is -1.03. The zero-order chi connectivity index (χ0) is 13.1. The number of anilines is 1. The monoisotopic (exact) mass is 255 g/mol. The molecular weight excluding hydrogens is 234 g/mol. The summed E-state index contributed by atoms with van der Waals surface area (Å²) in [6.07, 6.45) is 1.24. The van der Waals surface area contributed by atoms with E-state index in [0.29, 0.717) is 22.4 Å². The molecule has 0 bridgehead atoms. The standard InChI is InChI=1S/C13H21NO2S/c1-10(2)11(3)9-14-12-7-5-6-8-13(12)17(4,15)16/h5-8,10-11,14H,9H2,1-4H3. The fourth-order valence-corrected chi connectivity index (χ4v) is 2.31. The van der Waals surface area contributed by atoms with E-state index in [1.165, 1.54) is 6.26 Å². The molecule has 1 atom stereocenters. The molecule has 0 fully saturated rings. The second-order valence-corrected chi connectivity index (χ2v) is 6.85. The van der Waals surface area contributed by atoms with Crippen molar-refractivity contribution in [3.8, 4) is 0 Å². The first-order valence-electron chi connectivity index (χ1n) is 5.85. The molecule has 1 aromatic rings. The lowest BCUT2D eigenvalue weighted by Crippen LogP contribution is -2.17. The van der Waals surface area contributed by atoms with Crippen molar-refractivity contribution in [3.05, 3.63) is 24.3 Å². The summed E-state index contributed by atoms with van der Waals surface area (Å²) in [6, 6.07) is 7.03. The third kappa shape index (κ3) is 4.04. The molecule has 1 N–H and O–H groups in total. The molecule has 0 aliphatic heterocycles. The number of para-hydroxylation sites is 1.